The summed E-state index contributed by atoms with van der Waals surface area (Å²) < 4.78 is 1.83. The first-order chi connectivity index (χ1) is 12.1. The van der Waals surface area contributed by atoms with E-state index >= 15 is 0 Å². The zero-order valence-electron chi connectivity index (χ0n) is 15.1. The van der Waals surface area contributed by atoms with E-state index < -0.39 is 0 Å². The summed E-state index contributed by atoms with van der Waals surface area (Å²) in [5.74, 6) is 1.44. The van der Waals surface area contributed by atoms with Crippen LogP contribution in [0, 0.1) is 5.92 Å². The Morgan fingerprint density at radius 1 is 1.00 bits per heavy atom. The Hall–Kier alpha value is -2.46. The quantitative estimate of drug-likeness (QED) is 0.752. The third-order valence-corrected chi connectivity index (χ3v) is 4.44. The van der Waals surface area contributed by atoms with Crippen LogP contribution in [-0.4, -0.2) is 16.1 Å². The minimum Gasteiger partial charge on any atom is -0.338 e. The van der Waals surface area contributed by atoms with Crippen LogP contribution >= 0.6 is 0 Å². The second-order valence-corrected chi connectivity index (χ2v) is 7.02. The molecule has 0 saturated carbocycles. The second-order valence-electron chi connectivity index (χ2n) is 7.02. The number of para-hydroxylation sites is 1. The molecule has 0 unspecified atom stereocenters. The largest absolute Gasteiger partial charge is 0.338 e. The van der Waals surface area contributed by atoms with Gasteiger partial charge in [0.15, 0.2) is 5.82 Å². The lowest BCUT2D eigenvalue weighted by Crippen LogP contribution is -2.86. The average molecular weight is 336 g/mol. The van der Waals surface area contributed by atoms with Crippen LogP contribution in [-0.2, 0) is 6.54 Å². The molecule has 0 aliphatic carbocycles. The van der Waals surface area contributed by atoms with Gasteiger partial charge < -0.3 is 5.32 Å². The molecule has 2 N–H and O–H groups in total. The molecule has 4 nitrogen and oxygen atoms in total. The van der Waals surface area contributed by atoms with Crippen LogP contribution in [0.5, 0.6) is 0 Å². The first-order valence-corrected chi connectivity index (χ1v) is 8.93. The van der Waals surface area contributed by atoms with Crippen molar-refractivity contribution in [3.8, 4) is 0 Å². The van der Waals surface area contributed by atoms with Crippen LogP contribution in [0.3, 0.4) is 0 Å². The lowest BCUT2D eigenvalue weighted by atomic mass is 10.1. The van der Waals surface area contributed by atoms with Gasteiger partial charge in [-0.15, -0.1) is 0 Å². The number of quaternary nitrogens is 1. The number of aromatic nitrogens is 2. The molecule has 0 amide bonds. The summed E-state index contributed by atoms with van der Waals surface area (Å²) in [7, 11) is 0. The lowest BCUT2D eigenvalue weighted by Gasteiger charge is -2.18. The van der Waals surface area contributed by atoms with Crippen molar-refractivity contribution in [1.82, 2.24) is 9.55 Å². The van der Waals surface area contributed by atoms with Gasteiger partial charge in [0.2, 0.25) is 0 Å². The Balaban J connectivity index is 2.09. The van der Waals surface area contributed by atoms with Crippen molar-refractivity contribution < 1.29 is 5.32 Å². The zero-order chi connectivity index (χ0) is 17.8. The summed E-state index contributed by atoms with van der Waals surface area (Å²) in [5.41, 5.74) is 1.92. The molecule has 1 atom stereocenters. The van der Waals surface area contributed by atoms with Crippen molar-refractivity contribution in [2.45, 2.75) is 33.4 Å². The molecule has 1 aromatic heterocycles. The van der Waals surface area contributed by atoms with Gasteiger partial charge in [-0.1, -0.05) is 56.3 Å². The highest BCUT2D eigenvalue weighted by Crippen LogP contribution is 2.13. The molecule has 0 radical (unpaired) electrons. The van der Waals surface area contributed by atoms with Gasteiger partial charge in [-0.2, -0.15) is 0 Å². The number of nitrogens with two attached hydrogens (primary N) is 1. The lowest BCUT2D eigenvalue weighted by molar-refractivity contribution is -0.698. The van der Waals surface area contributed by atoms with Crippen LogP contribution in [0.4, 0.5) is 0 Å². The molecule has 3 aromatic rings. The van der Waals surface area contributed by atoms with E-state index in [1.807, 2.05) is 59.2 Å². The maximum Gasteiger partial charge on any atom is 0.261 e. The zero-order valence-corrected chi connectivity index (χ0v) is 15.1. The molecular weight excluding hydrogens is 310 g/mol. The second kappa shape index (κ2) is 7.62. The van der Waals surface area contributed by atoms with E-state index in [2.05, 4.69) is 26.1 Å². The molecule has 0 aliphatic rings. The fourth-order valence-corrected chi connectivity index (χ4v) is 3.03. The first-order valence-electron chi connectivity index (χ1n) is 8.93. The molecule has 0 fully saturated rings. The standard InChI is InChI=1S/C21H25N3O/c1-15(2)13-22-16(3)20-23-19-12-8-7-11-18(19)21(25)24(20)14-17-9-5-4-6-10-17/h4-12,15-16,22H,13-14H2,1-3H3/p+1/t16-/m1/s1. The van der Waals surface area contributed by atoms with E-state index in [1.165, 1.54) is 0 Å². The van der Waals surface area contributed by atoms with Gasteiger partial charge in [-0.25, -0.2) is 4.98 Å². The fraction of sp³-hybridized carbons (Fsp3) is 0.333. The average Bonchev–Trinajstić information content (AvgIpc) is 2.62. The monoisotopic (exact) mass is 336 g/mol. The third-order valence-electron chi connectivity index (χ3n) is 4.44. The molecule has 0 saturated heterocycles. The van der Waals surface area contributed by atoms with E-state index in [0.717, 1.165) is 23.4 Å². The van der Waals surface area contributed by atoms with Crippen LogP contribution < -0.4 is 10.9 Å². The van der Waals surface area contributed by atoms with Crippen molar-refractivity contribution in [3.63, 3.8) is 0 Å². The number of rotatable bonds is 6. The van der Waals surface area contributed by atoms with Gasteiger partial charge >= 0.3 is 0 Å². The number of benzene rings is 2. The smallest absolute Gasteiger partial charge is 0.261 e. The first kappa shape index (κ1) is 17.4. The van der Waals surface area contributed by atoms with Crippen LogP contribution in [0.2, 0.25) is 0 Å². The number of fused-ring (bicyclic) bond motifs is 1. The number of hydrogen-bond acceptors (Lipinski definition) is 2. The summed E-state index contributed by atoms with van der Waals surface area (Å²) in [6.07, 6.45) is 0. The molecule has 25 heavy (non-hydrogen) atoms. The fourth-order valence-electron chi connectivity index (χ4n) is 3.03. The Morgan fingerprint density at radius 3 is 2.40 bits per heavy atom. The maximum atomic E-state index is 13.1. The minimum absolute atomic E-state index is 0.0363. The molecule has 2 aromatic carbocycles. The molecule has 0 aliphatic heterocycles. The van der Waals surface area contributed by atoms with Crippen molar-refractivity contribution >= 4 is 10.9 Å². The van der Waals surface area contributed by atoms with Gasteiger partial charge in [0.05, 0.1) is 24.0 Å². The predicted octanol–water partition coefficient (Wildman–Crippen LogP) is 2.73. The van der Waals surface area contributed by atoms with Crippen molar-refractivity contribution in [2.24, 2.45) is 5.92 Å². The van der Waals surface area contributed by atoms with E-state index in [-0.39, 0.29) is 11.6 Å². The molecular formula is C21H26N3O+. The van der Waals surface area contributed by atoms with Crippen LogP contribution in [0.25, 0.3) is 10.9 Å². The molecule has 0 bridgehead atoms. The molecule has 1 heterocycles. The minimum atomic E-state index is 0.0363. The Morgan fingerprint density at radius 2 is 1.68 bits per heavy atom. The predicted molar refractivity (Wildman–Crippen MR) is 102 cm³/mol. The van der Waals surface area contributed by atoms with Crippen molar-refractivity contribution in [3.05, 3.63) is 76.3 Å². The molecule has 130 valence electrons. The van der Waals surface area contributed by atoms with Crippen molar-refractivity contribution in [2.75, 3.05) is 6.54 Å². The normalized spacial score (nSPS) is 12.6. The number of nitrogens with zero attached hydrogens (tertiary/aromatic N) is 2. The molecule has 3 rings (SSSR count). The molecule has 4 heteroatoms. The highest BCUT2D eigenvalue weighted by Gasteiger charge is 2.19. The Bertz CT molecular complexity index is 900. The molecule has 0 spiro atoms. The van der Waals surface area contributed by atoms with Gasteiger partial charge in [0.25, 0.3) is 5.56 Å². The van der Waals surface area contributed by atoms with Gasteiger partial charge in [0, 0.05) is 5.92 Å². The summed E-state index contributed by atoms with van der Waals surface area (Å²) in [6, 6.07) is 17.8. The highest BCUT2D eigenvalue weighted by molar-refractivity contribution is 5.77. The third kappa shape index (κ3) is 3.97. The number of hydrogen-bond donors (Lipinski definition) is 1. The maximum absolute atomic E-state index is 13.1. The van der Waals surface area contributed by atoms with E-state index in [4.69, 9.17) is 4.98 Å². The van der Waals surface area contributed by atoms with E-state index in [1.54, 1.807) is 0 Å². The van der Waals surface area contributed by atoms with E-state index in [9.17, 15) is 4.79 Å². The van der Waals surface area contributed by atoms with Crippen LogP contribution in [0.1, 0.15) is 38.2 Å². The summed E-state index contributed by atoms with van der Waals surface area (Å²) in [5, 5.41) is 2.95. The van der Waals surface area contributed by atoms with Crippen LogP contribution in [0.15, 0.2) is 59.4 Å². The highest BCUT2D eigenvalue weighted by atomic mass is 16.1. The van der Waals surface area contributed by atoms with Gasteiger partial charge in [0.1, 0.15) is 6.04 Å². The SMILES string of the molecule is CC(C)C[NH2+][C@H](C)c1nc2ccccc2c(=O)n1Cc1ccccc1. The topological polar surface area (TPSA) is 51.5 Å². The van der Waals surface area contributed by atoms with Gasteiger partial charge in [-0.3, -0.25) is 9.36 Å². The summed E-state index contributed by atoms with van der Waals surface area (Å²) >= 11 is 0. The summed E-state index contributed by atoms with van der Waals surface area (Å²) in [4.78, 5) is 17.9. The van der Waals surface area contributed by atoms with Gasteiger partial charge in [-0.05, 0) is 24.6 Å². The van der Waals surface area contributed by atoms with Crippen molar-refractivity contribution in [1.29, 1.82) is 0 Å². The summed E-state index contributed by atoms with van der Waals surface area (Å²) in [6.45, 7) is 8.09. The van der Waals surface area contributed by atoms with E-state index in [0.29, 0.717) is 17.8 Å². The Kier molecular flexibility index (Phi) is 5.29. The Labute approximate surface area is 148 Å².